The standard InChI is InChI=1S/C17H25F2NO/c1-3-21-17(9-5-6-12(2)11-17)16(20)10-13-14(18)7-4-8-15(13)19/h4,7-8,12,16H,3,5-6,9-11,20H2,1-2H3. The number of halogens is 2. The van der Waals surface area contributed by atoms with Crippen molar-refractivity contribution in [3.05, 3.63) is 35.4 Å². The summed E-state index contributed by atoms with van der Waals surface area (Å²) in [7, 11) is 0. The molecule has 1 aromatic carbocycles. The van der Waals surface area contributed by atoms with Crippen molar-refractivity contribution in [1.82, 2.24) is 0 Å². The molecule has 0 aromatic heterocycles. The molecule has 1 aromatic rings. The van der Waals surface area contributed by atoms with Gasteiger partial charge in [-0.1, -0.05) is 25.8 Å². The van der Waals surface area contributed by atoms with Crippen molar-refractivity contribution >= 4 is 0 Å². The minimum absolute atomic E-state index is 0.0716. The summed E-state index contributed by atoms with van der Waals surface area (Å²) < 4.78 is 33.6. The highest BCUT2D eigenvalue weighted by Crippen LogP contribution is 2.38. The Morgan fingerprint density at radius 1 is 1.38 bits per heavy atom. The topological polar surface area (TPSA) is 35.2 Å². The smallest absolute Gasteiger partial charge is 0.129 e. The van der Waals surface area contributed by atoms with E-state index in [0.29, 0.717) is 12.5 Å². The maximum atomic E-state index is 13.8. The van der Waals surface area contributed by atoms with Crippen molar-refractivity contribution in [2.75, 3.05) is 6.61 Å². The first-order chi connectivity index (χ1) is 9.98. The molecule has 2 nitrogen and oxygen atoms in total. The number of ether oxygens (including phenoxy) is 1. The van der Waals surface area contributed by atoms with Gasteiger partial charge in [-0.15, -0.1) is 0 Å². The second-order valence-corrected chi connectivity index (χ2v) is 6.21. The minimum atomic E-state index is -0.527. The molecule has 4 heteroatoms. The molecule has 0 saturated heterocycles. The zero-order chi connectivity index (χ0) is 15.5. The van der Waals surface area contributed by atoms with E-state index >= 15 is 0 Å². The van der Waals surface area contributed by atoms with E-state index in [0.717, 1.165) is 25.7 Å². The summed E-state index contributed by atoms with van der Waals surface area (Å²) >= 11 is 0. The average molecular weight is 297 g/mol. The van der Waals surface area contributed by atoms with Crippen LogP contribution < -0.4 is 5.73 Å². The Labute approximate surface area is 125 Å². The highest BCUT2D eigenvalue weighted by atomic mass is 19.1. The van der Waals surface area contributed by atoms with Gasteiger partial charge in [0.2, 0.25) is 0 Å². The van der Waals surface area contributed by atoms with Crippen molar-refractivity contribution in [3.63, 3.8) is 0 Å². The molecule has 0 aliphatic heterocycles. The maximum Gasteiger partial charge on any atom is 0.129 e. The zero-order valence-corrected chi connectivity index (χ0v) is 12.9. The van der Waals surface area contributed by atoms with Crippen LogP contribution in [0.3, 0.4) is 0 Å². The molecule has 0 heterocycles. The molecule has 1 fully saturated rings. The quantitative estimate of drug-likeness (QED) is 0.896. The Morgan fingerprint density at radius 2 is 2.05 bits per heavy atom. The fourth-order valence-electron chi connectivity index (χ4n) is 3.54. The van der Waals surface area contributed by atoms with Crippen molar-refractivity contribution in [2.24, 2.45) is 11.7 Å². The van der Waals surface area contributed by atoms with Crippen molar-refractivity contribution < 1.29 is 13.5 Å². The van der Waals surface area contributed by atoms with Crippen molar-refractivity contribution in [1.29, 1.82) is 0 Å². The van der Waals surface area contributed by atoms with Gasteiger partial charge in [0.05, 0.1) is 5.60 Å². The van der Waals surface area contributed by atoms with E-state index in [4.69, 9.17) is 10.5 Å². The van der Waals surface area contributed by atoms with E-state index in [1.807, 2.05) is 6.92 Å². The van der Waals surface area contributed by atoms with Crippen LogP contribution in [0, 0.1) is 17.6 Å². The lowest BCUT2D eigenvalue weighted by molar-refractivity contribution is -0.0927. The molecule has 2 N–H and O–H groups in total. The number of hydrogen-bond acceptors (Lipinski definition) is 2. The lowest BCUT2D eigenvalue weighted by Crippen LogP contribution is -2.54. The third-order valence-electron chi connectivity index (χ3n) is 4.58. The van der Waals surface area contributed by atoms with E-state index in [1.165, 1.54) is 18.2 Å². The second kappa shape index (κ2) is 6.84. The maximum absolute atomic E-state index is 13.8. The SMILES string of the molecule is CCOC1(C(N)Cc2c(F)cccc2F)CCCC(C)C1. The van der Waals surface area contributed by atoms with E-state index in [2.05, 4.69) is 6.92 Å². The Bertz CT molecular complexity index is 456. The molecular weight excluding hydrogens is 272 g/mol. The second-order valence-electron chi connectivity index (χ2n) is 6.21. The Hall–Kier alpha value is -1.00. The summed E-state index contributed by atoms with van der Waals surface area (Å²) in [5.41, 5.74) is 5.96. The molecule has 0 radical (unpaired) electrons. The fourth-order valence-corrected chi connectivity index (χ4v) is 3.54. The van der Waals surface area contributed by atoms with E-state index in [-0.39, 0.29) is 12.0 Å². The third kappa shape index (κ3) is 3.61. The minimum Gasteiger partial charge on any atom is -0.374 e. The van der Waals surface area contributed by atoms with Gasteiger partial charge < -0.3 is 10.5 Å². The molecule has 21 heavy (non-hydrogen) atoms. The summed E-state index contributed by atoms with van der Waals surface area (Å²) in [6, 6.07) is 3.54. The summed E-state index contributed by atoms with van der Waals surface area (Å²) in [5.74, 6) is -0.524. The lowest BCUT2D eigenvalue weighted by Gasteiger charge is -2.44. The van der Waals surface area contributed by atoms with Gasteiger partial charge in [0.25, 0.3) is 0 Å². The Morgan fingerprint density at radius 3 is 2.62 bits per heavy atom. The summed E-state index contributed by atoms with van der Waals surface area (Å²) in [6.45, 7) is 4.70. The number of benzene rings is 1. The van der Waals surface area contributed by atoms with E-state index in [1.54, 1.807) is 0 Å². The van der Waals surface area contributed by atoms with Gasteiger partial charge >= 0.3 is 0 Å². The highest BCUT2D eigenvalue weighted by Gasteiger charge is 2.41. The molecule has 0 bridgehead atoms. The molecule has 3 atom stereocenters. The summed E-state index contributed by atoms with van der Waals surface area (Å²) in [4.78, 5) is 0. The molecule has 118 valence electrons. The highest BCUT2D eigenvalue weighted by molar-refractivity contribution is 5.21. The van der Waals surface area contributed by atoms with Crippen LogP contribution in [0.1, 0.15) is 45.1 Å². The molecule has 1 aliphatic rings. The van der Waals surface area contributed by atoms with Gasteiger partial charge in [-0.3, -0.25) is 0 Å². The molecule has 1 saturated carbocycles. The summed E-state index contributed by atoms with van der Waals surface area (Å²) in [6.07, 6.45) is 4.11. The van der Waals surface area contributed by atoms with Crippen molar-refractivity contribution in [2.45, 2.75) is 57.6 Å². The molecular formula is C17H25F2NO. The van der Waals surface area contributed by atoms with Crippen LogP contribution in [0.25, 0.3) is 0 Å². The molecule has 0 amide bonds. The van der Waals surface area contributed by atoms with Gasteiger partial charge in [0.15, 0.2) is 0 Å². The van der Waals surface area contributed by atoms with E-state index < -0.39 is 23.3 Å². The van der Waals surface area contributed by atoms with Crippen LogP contribution >= 0.6 is 0 Å². The van der Waals surface area contributed by atoms with Crippen LogP contribution in [-0.2, 0) is 11.2 Å². The molecule has 0 spiro atoms. The Kier molecular flexibility index (Phi) is 5.33. The fraction of sp³-hybridized carbons (Fsp3) is 0.647. The summed E-state index contributed by atoms with van der Waals surface area (Å²) in [5, 5.41) is 0. The molecule has 3 unspecified atom stereocenters. The first-order valence-corrected chi connectivity index (χ1v) is 7.81. The third-order valence-corrected chi connectivity index (χ3v) is 4.58. The monoisotopic (exact) mass is 297 g/mol. The average Bonchev–Trinajstić information content (AvgIpc) is 2.43. The molecule has 1 aliphatic carbocycles. The predicted molar refractivity (Wildman–Crippen MR) is 80.0 cm³/mol. The van der Waals surface area contributed by atoms with Crippen LogP contribution in [0.15, 0.2) is 18.2 Å². The largest absolute Gasteiger partial charge is 0.374 e. The normalized spacial score (nSPS) is 27.6. The Balaban J connectivity index is 2.21. The van der Waals surface area contributed by atoms with Gasteiger partial charge in [-0.2, -0.15) is 0 Å². The number of hydrogen-bond donors (Lipinski definition) is 1. The lowest BCUT2D eigenvalue weighted by atomic mass is 9.73. The van der Waals surface area contributed by atoms with Crippen molar-refractivity contribution in [3.8, 4) is 0 Å². The van der Waals surface area contributed by atoms with Gasteiger partial charge in [-0.25, -0.2) is 8.78 Å². The first kappa shape index (κ1) is 16.4. The van der Waals surface area contributed by atoms with E-state index in [9.17, 15) is 8.78 Å². The number of rotatable bonds is 5. The number of nitrogens with two attached hydrogens (primary N) is 1. The van der Waals surface area contributed by atoms with Crippen LogP contribution in [0.5, 0.6) is 0 Å². The zero-order valence-electron chi connectivity index (χ0n) is 12.9. The predicted octanol–water partition coefficient (Wildman–Crippen LogP) is 3.82. The van der Waals surface area contributed by atoms with Gasteiger partial charge in [-0.05, 0) is 44.2 Å². The van der Waals surface area contributed by atoms with Gasteiger partial charge in [0.1, 0.15) is 11.6 Å². The van der Waals surface area contributed by atoms with Crippen LogP contribution in [-0.4, -0.2) is 18.2 Å². The van der Waals surface area contributed by atoms with Crippen LogP contribution in [0.2, 0.25) is 0 Å². The first-order valence-electron chi connectivity index (χ1n) is 7.81. The van der Waals surface area contributed by atoms with Crippen LogP contribution in [0.4, 0.5) is 8.78 Å². The molecule has 2 rings (SSSR count). The van der Waals surface area contributed by atoms with Gasteiger partial charge in [0, 0.05) is 18.2 Å².